The van der Waals surface area contributed by atoms with E-state index in [-0.39, 0.29) is 5.91 Å². The van der Waals surface area contributed by atoms with E-state index in [4.69, 9.17) is 0 Å². The molecule has 8 atom stereocenters. The van der Waals surface area contributed by atoms with E-state index in [2.05, 4.69) is 16.4 Å². The van der Waals surface area contributed by atoms with Crippen molar-refractivity contribution in [1.29, 1.82) is 0 Å². The Labute approximate surface area is 134 Å². The van der Waals surface area contributed by atoms with Crippen molar-refractivity contribution in [3.8, 4) is 0 Å². The van der Waals surface area contributed by atoms with Crippen molar-refractivity contribution in [2.75, 3.05) is 6.54 Å². The number of hydrogen-bond donors (Lipinski definition) is 1. The van der Waals surface area contributed by atoms with Crippen LogP contribution in [0.5, 0.6) is 0 Å². The Morgan fingerprint density at radius 2 is 1.87 bits per heavy atom. The molecule has 6 bridgehead atoms. The molecule has 1 N–H and O–H groups in total. The third-order valence-corrected chi connectivity index (χ3v) is 7.73. The van der Waals surface area contributed by atoms with Crippen molar-refractivity contribution >= 4 is 5.91 Å². The van der Waals surface area contributed by atoms with E-state index in [0.29, 0.717) is 12.1 Å². The minimum absolute atomic E-state index is 0.170. The van der Waals surface area contributed by atoms with Crippen LogP contribution < -0.4 is 5.32 Å². The lowest BCUT2D eigenvalue weighted by molar-refractivity contribution is 0.0957. The van der Waals surface area contributed by atoms with Gasteiger partial charge in [0.1, 0.15) is 0 Å². The van der Waals surface area contributed by atoms with Gasteiger partial charge in [0.25, 0.3) is 5.91 Å². The SMILES string of the molecule is O=C(NCC=C1C2C3CC4C5CC(C1C53)C42)c1ccc(F)nc1. The molecule has 0 radical (unpaired) electrons. The zero-order chi connectivity index (χ0) is 15.3. The number of halogens is 1. The Morgan fingerprint density at radius 3 is 2.48 bits per heavy atom. The second-order valence-electron chi connectivity index (χ2n) is 8.12. The van der Waals surface area contributed by atoms with Gasteiger partial charge in [-0.15, -0.1) is 0 Å². The van der Waals surface area contributed by atoms with Gasteiger partial charge >= 0.3 is 0 Å². The smallest absolute Gasteiger partial charge is 0.253 e. The van der Waals surface area contributed by atoms with E-state index in [1.54, 1.807) is 5.57 Å². The zero-order valence-corrected chi connectivity index (χ0v) is 12.8. The summed E-state index contributed by atoms with van der Waals surface area (Å²) in [5.41, 5.74) is 2.10. The summed E-state index contributed by atoms with van der Waals surface area (Å²) in [6.07, 6.45) is 6.58. The lowest BCUT2D eigenvalue weighted by Gasteiger charge is -2.33. The molecule has 6 aliphatic carbocycles. The second kappa shape index (κ2) is 4.03. The van der Waals surface area contributed by atoms with Crippen LogP contribution in [0.1, 0.15) is 23.2 Å². The standard InChI is InChI=1S/C19H19FN2O/c20-14-2-1-8(7-22-14)19(23)21-4-3-9-15-12-5-10-11-6-13(17(10)15)16(9)18(11)12/h1-3,7,10-13,15-18H,4-6H2,(H,21,23). The van der Waals surface area contributed by atoms with E-state index >= 15 is 0 Å². The van der Waals surface area contributed by atoms with Crippen molar-refractivity contribution in [2.45, 2.75) is 12.8 Å². The van der Waals surface area contributed by atoms with Crippen molar-refractivity contribution in [1.82, 2.24) is 10.3 Å². The van der Waals surface area contributed by atoms with Crippen LogP contribution >= 0.6 is 0 Å². The van der Waals surface area contributed by atoms with E-state index < -0.39 is 5.95 Å². The molecule has 4 heteroatoms. The molecule has 7 rings (SSSR count). The first kappa shape index (κ1) is 12.7. The summed E-state index contributed by atoms with van der Waals surface area (Å²) in [5.74, 6) is 6.99. The van der Waals surface area contributed by atoms with Crippen LogP contribution in [0.3, 0.4) is 0 Å². The number of aromatic nitrogens is 1. The Balaban J connectivity index is 1.19. The molecule has 6 saturated carbocycles. The number of amides is 1. The maximum absolute atomic E-state index is 12.8. The van der Waals surface area contributed by atoms with E-state index in [9.17, 15) is 9.18 Å². The van der Waals surface area contributed by atoms with Gasteiger partial charge in [-0.2, -0.15) is 4.39 Å². The topological polar surface area (TPSA) is 42.0 Å². The van der Waals surface area contributed by atoms with Crippen molar-refractivity contribution in [2.24, 2.45) is 47.3 Å². The fraction of sp³-hybridized carbons (Fsp3) is 0.579. The molecular formula is C19H19FN2O. The largest absolute Gasteiger partial charge is 0.349 e. The summed E-state index contributed by atoms with van der Waals surface area (Å²) in [6.45, 7) is 0.590. The molecule has 0 aromatic carbocycles. The highest BCUT2D eigenvalue weighted by atomic mass is 19.1. The summed E-state index contributed by atoms with van der Waals surface area (Å²) < 4.78 is 12.8. The number of hydrogen-bond acceptors (Lipinski definition) is 2. The average Bonchev–Trinajstić information content (AvgIpc) is 3.26. The molecule has 23 heavy (non-hydrogen) atoms. The van der Waals surface area contributed by atoms with Gasteiger partial charge in [-0.1, -0.05) is 11.6 Å². The minimum Gasteiger partial charge on any atom is -0.349 e. The molecule has 0 spiro atoms. The molecule has 8 unspecified atom stereocenters. The molecule has 0 aliphatic heterocycles. The predicted octanol–water partition coefficient (Wildman–Crippen LogP) is 2.65. The highest BCUT2D eigenvalue weighted by Crippen LogP contribution is 2.84. The van der Waals surface area contributed by atoms with E-state index in [1.807, 2.05) is 0 Å². The molecule has 0 saturated heterocycles. The Kier molecular flexibility index (Phi) is 2.22. The monoisotopic (exact) mass is 310 g/mol. The van der Waals surface area contributed by atoms with Crippen LogP contribution in [0.15, 0.2) is 30.0 Å². The Morgan fingerprint density at radius 1 is 1.17 bits per heavy atom. The molecule has 6 aliphatic rings. The maximum Gasteiger partial charge on any atom is 0.253 e. The summed E-state index contributed by atoms with van der Waals surface area (Å²) in [4.78, 5) is 15.6. The van der Waals surface area contributed by atoms with Gasteiger partial charge in [0.05, 0.1) is 5.56 Å². The van der Waals surface area contributed by atoms with Crippen LogP contribution in [0, 0.1) is 53.3 Å². The number of pyridine rings is 1. The van der Waals surface area contributed by atoms with Crippen LogP contribution in [0.25, 0.3) is 0 Å². The van der Waals surface area contributed by atoms with Crippen molar-refractivity contribution in [3.63, 3.8) is 0 Å². The van der Waals surface area contributed by atoms with Crippen molar-refractivity contribution in [3.05, 3.63) is 41.5 Å². The van der Waals surface area contributed by atoms with Crippen LogP contribution in [0.2, 0.25) is 0 Å². The second-order valence-corrected chi connectivity index (χ2v) is 8.12. The molecule has 1 heterocycles. The van der Waals surface area contributed by atoms with Gasteiger partial charge in [-0.25, -0.2) is 4.98 Å². The zero-order valence-electron chi connectivity index (χ0n) is 12.8. The van der Waals surface area contributed by atoms with Gasteiger partial charge in [-0.05, 0) is 72.3 Å². The van der Waals surface area contributed by atoms with Crippen LogP contribution in [0.4, 0.5) is 4.39 Å². The quantitative estimate of drug-likeness (QED) is 0.689. The average molecular weight is 310 g/mol. The number of nitrogens with zero attached hydrogens (tertiary/aromatic N) is 1. The molecule has 6 fully saturated rings. The number of rotatable bonds is 3. The Hall–Kier alpha value is -1.71. The highest BCUT2D eigenvalue weighted by molar-refractivity contribution is 5.93. The molecule has 1 amide bonds. The normalized spacial score (nSPS) is 46.4. The summed E-state index contributed by atoms with van der Waals surface area (Å²) in [6, 6.07) is 2.70. The number of nitrogens with one attached hydrogen (secondary N) is 1. The first-order valence-corrected chi connectivity index (χ1v) is 8.84. The first-order chi connectivity index (χ1) is 11.2. The molecule has 3 nitrogen and oxygen atoms in total. The molecule has 118 valence electrons. The lowest BCUT2D eigenvalue weighted by atomic mass is 9.71. The summed E-state index contributed by atoms with van der Waals surface area (Å²) >= 11 is 0. The van der Waals surface area contributed by atoms with Gasteiger partial charge in [0.2, 0.25) is 5.95 Å². The maximum atomic E-state index is 12.8. The van der Waals surface area contributed by atoms with Gasteiger partial charge in [0, 0.05) is 12.7 Å². The lowest BCUT2D eigenvalue weighted by Crippen LogP contribution is -2.30. The van der Waals surface area contributed by atoms with Crippen LogP contribution in [-0.4, -0.2) is 17.4 Å². The number of carbonyl (C=O) groups excluding carboxylic acids is 1. The number of allylic oxidation sites excluding steroid dienone is 1. The van der Waals surface area contributed by atoms with Crippen LogP contribution in [-0.2, 0) is 0 Å². The van der Waals surface area contributed by atoms with Gasteiger partial charge in [0.15, 0.2) is 0 Å². The van der Waals surface area contributed by atoms with E-state index in [0.717, 1.165) is 47.3 Å². The Bertz CT molecular complexity index is 712. The van der Waals surface area contributed by atoms with Gasteiger partial charge in [-0.3, -0.25) is 4.79 Å². The van der Waals surface area contributed by atoms with E-state index in [1.165, 1.54) is 31.2 Å². The summed E-state index contributed by atoms with van der Waals surface area (Å²) in [5, 5.41) is 2.94. The van der Waals surface area contributed by atoms with Crippen molar-refractivity contribution < 1.29 is 9.18 Å². The predicted molar refractivity (Wildman–Crippen MR) is 81.8 cm³/mol. The third kappa shape index (κ3) is 1.37. The first-order valence-electron chi connectivity index (χ1n) is 8.84. The molecule has 1 aromatic rings. The highest BCUT2D eigenvalue weighted by Gasteiger charge is 2.78. The fourth-order valence-electron chi connectivity index (χ4n) is 7.53. The number of carbonyl (C=O) groups is 1. The minimum atomic E-state index is -0.556. The van der Waals surface area contributed by atoms with Gasteiger partial charge < -0.3 is 5.32 Å². The fourth-order valence-corrected chi connectivity index (χ4v) is 7.53. The summed E-state index contributed by atoms with van der Waals surface area (Å²) in [7, 11) is 0. The third-order valence-electron chi connectivity index (χ3n) is 7.73. The molecular weight excluding hydrogens is 291 g/mol. The molecule has 1 aromatic heterocycles.